The Morgan fingerprint density at radius 3 is 2.50 bits per heavy atom. The van der Waals surface area contributed by atoms with E-state index in [4.69, 9.17) is 19.6 Å². The molecule has 1 amide bonds. The predicted octanol–water partition coefficient (Wildman–Crippen LogP) is 4.18. The number of methoxy groups -OCH3 is 1. The molecular formula is C23H22N4O4S. The van der Waals surface area contributed by atoms with E-state index in [9.17, 15) is 4.79 Å². The van der Waals surface area contributed by atoms with E-state index in [-0.39, 0.29) is 11.4 Å². The summed E-state index contributed by atoms with van der Waals surface area (Å²) in [7, 11) is 1.61. The molecule has 2 aromatic carbocycles. The van der Waals surface area contributed by atoms with Crippen molar-refractivity contribution in [2.24, 2.45) is 10.1 Å². The van der Waals surface area contributed by atoms with Gasteiger partial charge in [-0.2, -0.15) is 15.1 Å². The summed E-state index contributed by atoms with van der Waals surface area (Å²) in [6.45, 7) is 2.74. The van der Waals surface area contributed by atoms with Crippen LogP contribution >= 0.6 is 11.8 Å². The zero-order valence-electron chi connectivity index (χ0n) is 17.7. The highest BCUT2D eigenvalue weighted by Crippen LogP contribution is 2.29. The first-order chi connectivity index (χ1) is 15.6. The third kappa shape index (κ3) is 4.83. The van der Waals surface area contributed by atoms with E-state index in [1.807, 2.05) is 55.5 Å². The van der Waals surface area contributed by atoms with Crippen LogP contribution in [0.2, 0.25) is 0 Å². The molecule has 4 rings (SSSR count). The number of aliphatic imine (C=N–C) groups is 1. The summed E-state index contributed by atoms with van der Waals surface area (Å²) in [4.78, 5) is 16.5. The SMILES string of the molecule is CCC1=NN2C(=N)/C(=C\c3ccc(OCCOc4cccc(OC)c4)cc3)C(=O)N=C2S1. The summed E-state index contributed by atoms with van der Waals surface area (Å²) in [5.74, 6) is 1.73. The van der Waals surface area contributed by atoms with Crippen molar-refractivity contribution in [2.45, 2.75) is 13.3 Å². The van der Waals surface area contributed by atoms with Gasteiger partial charge in [0.05, 0.1) is 12.7 Å². The van der Waals surface area contributed by atoms with Gasteiger partial charge in [0.25, 0.3) is 5.91 Å². The maximum absolute atomic E-state index is 12.4. The van der Waals surface area contributed by atoms with Crippen molar-refractivity contribution in [2.75, 3.05) is 20.3 Å². The van der Waals surface area contributed by atoms with Crippen molar-refractivity contribution in [1.29, 1.82) is 5.41 Å². The first-order valence-corrected chi connectivity index (χ1v) is 10.9. The number of rotatable bonds is 8. The molecular weight excluding hydrogens is 428 g/mol. The number of thioether (sulfide) groups is 1. The van der Waals surface area contributed by atoms with E-state index in [1.54, 1.807) is 13.2 Å². The van der Waals surface area contributed by atoms with Crippen molar-refractivity contribution >= 4 is 39.8 Å². The predicted molar refractivity (Wildman–Crippen MR) is 126 cm³/mol. The lowest BCUT2D eigenvalue weighted by Gasteiger charge is -2.20. The van der Waals surface area contributed by atoms with Gasteiger partial charge in [-0.05, 0) is 54.1 Å². The molecule has 9 heteroatoms. The summed E-state index contributed by atoms with van der Waals surface area (Å²) in [6, 6.07) is 14.7. The van der Waals surface area contributed by atoms with Crippen molar-refractivity contribution < 1.29 is 19.0 Å². The second-order valence-electron chi connectivity index (χ2n) is 6.81. The molecule has 2 aromatic rings. The van der Waals surface area contributed by atoms with Crippen LogP contribution in [0.15, 0.2) is 64.2 Å². The third-order valence-corrected chi connectivity index (χ3v) is 5.70. The lowest BCUT2D eigenvalue weighted by Crippen LogP contribution is -2.35. The fourth-order valence-corrected chi connectivity index (χ4v) is 3.84. The highest BCUT2D eigenvalue weighted by molar-refractivity contribution is 8.26. The summed E-state index contributed by atoms with van der Waals surface area (Å²) in [6.07, 6.45) is 2.37. The molecule has 0 atom stereocenters. The minimum atomic E-state index is -0.434. The molecule has 0 radical (unpaired) electrons. The Morgan fingerprint density at radius 2 is 1.78 bits per heavy atom. The molecule has 0 aliphatic carbocycles. The van der Waals surface area contributed by atoms with E-state index >= 15 is 0 Å². The van der Waals surface area contributed by atoms with Crippen LogP contribution in [-0.4, -0.2) is 47.3 Å². The summed E-state index contributed by atoms with van der Waals surface area (Å²) < 4.78 is 16.6. The van der Waals surface area contributed by atoms with E-state index in [1.165, 1.54) is 16.8 Å². The Balaban J connectivity index is 1.34. The molecule has 0 aromatic heterocycles. The zero-order chi connectivity index (χ0) is 22.5. The van der Waals surface area contributed by atoms with Crippen LogP contribution in [0.1, 0.15) is 18.9 Å². The number of fused-ring (bicyclic) bond motifs is 1. The number of hydrogen-bond acceptors (Lipinski definition) is 7. The molecule has 2 aliphatic rings. The average molecular weight is 451 g/mol. The van der Waals surface area contributed by atoms with E-state index < -0.39 is 5.91 Å². The van der Waals surface area contributed by atoms with Crippen molar-refractivity contribution in [3.8, 4) is 17.2 Å². The molecule has 2 heterocycles. The van der Waals surface area contributed by atoms with Crippen molar-refractivity contribution in [3.05, 3.63) is 59.7 Å². The molecule has 8 nitrogen and oxygen atoms in total. The summed E-state index contributed by atoms with van der Waals surface area (Å²) in [5, 5.41) is 15.4. The Labute approximate surface area is 190 Å². The molecule has 0 unspecified atom stereocenters. The lowest BCUT2D eigenvalue weighted by atomic mass is 10.1. The van der Waals surface area contributed by atoms with Crippen LogP contribution in [0.4, 0.5) is 0 Å². The highest BCUT2D eigenvalue weighted by atomic mass is 32.2. The van der Waals surface area contributed by atoms with Crippen LogP contribution in [0.5, 0.6) is 17.2 Å². The standard InChI is InChI=1S/C23H22N4O4S/c1-3-20-26-27-21(24)19(22(28)25-23(27)32-20)13-15-7-9-16(10-8-15)30-11-12-31-18-6-4-5-17(14-18)29-2/h4-10,13-14,24H,3,11-12H2,1-2H3/b19-13+,24-21?. The number of hydrogen-bond donors (Lipinski definition) is 1. The summed E-state index contributed by atoms with van der Waals surface area (Å²) >= 11 is 1.33. The van der Waals surface area contributed by atoms with Gasteiger partial charge in [-0.1, -0.05) is 25.1 Å². The number of nitrogens with one attached hydrogen (secondary N) is 1. The largest absolute Gasteiger partial charge is 0.497 e. The van der Waals surface area contributed by atoms with Gasteiger partial charge in [0.15, 0.2) is 5.84 Å². The molecule has 0 fully saturated rings. The molecule has 1 N–H and O–H groups in total. The maximum Gasteiger partial charge on any atom is 0.283 e. The lowest BCUT2D eigenvalue weighted by molar-refractivity contribution is -0.114. The molecule has 0 spiro atoms. The van der Waals surface area contributed by atoms with Gasteiger partial charge in [0.2, 0.25) is 5.17 Å². The maximum atomic E-state index is 12.4. The molecule has 0 bridgehead atoms. The van der Waals surface area contributed by atoms with Crippen LogP contribution in [-0.2, 0) is 4.79 Å². The number of ether oxygens (including phenoxy) is 3. The molecule has 32 heavy (non-hydrogen) atoms. The highest BCUT2D eigenvalue weighted by Gasteiger charge is 2.34. The van der Waals surface area contributed by atoms with Gasteiger partial charge < -0.3 is 14.2 Å². The van der Waals surface area contributed by atoms with Gasteiger partial charge in [0.1, 0.15) is 35.5 Å². The number of carbonyl (C=O) groups excluding carboxylic acids is 1. The molecule has 2 aliphatic heterocycles. The van der Waals surface area contributed by atoms with Crippen LogP contribution in [0, 0.1) is 5.41 Å². The third-order valence-electron chi connectivity index (χ3n) is 4.65. The van der Waals surface area contributed by atoms with Crippen molar-refractivity contribution in [1.82, 2.24) is 5.01 Å². The Hall–Kier alpha value is -3.59. The quantitative estimate of drug-likeness (QED) is 0.479. The second-order valence-corrected chi connectivity index (χ2v) is 7.85. The number of carbonyl (C=O) groups is 1. The molecule has 0 saturated heterocycles. The first kappa shape index (κ1) is 21.6. The summed E-state index contributed by atoms with van der Waals surface area (Å²) in [5.41, 5.74) is 0.971. The van der Waals surface area contributed by atoms with E-state index in [0.717, 1.165) is 22.8 Å². The second kappa shape index (κ2) is 9.69. The number of benzene rings is 2. The normalized spacial score (nSPS) is 16.6. The number of nitrogens with zero attached hydrogens (tertiary/aromatic N) is 3. The van der Waals surface area contributed by atoms with E-state index in [2.05, 4.69) is 10.1 Å². The van der Waals surface area contributed by atoms with Gasteiger partial charge in [-0.3, -0.25) is 10.2 Å². The van der Waals surface area contributed by atoms with Crippen molar-refractivity contribution in [3.63, 3.8) is 0 Å². The van der Waals surface area contributed by atoms with Crippen LogP contribution < -0.4 is 14.2 Å². The Morgan fingerprint density at radius 1 is 1.06 bits per heavy atom. The fourth-order valence-electron chi connectivity index (χ4n) is 3.01. The first-order valence-electron chi connectivity index (χ1n) is 10.1. The fraction of sp³-hybridized carbons (Fsp3) is 0.217. The minimum absolute atomic E-state index is 0.0333. The monoisotopic (exact) mass is 450 g/mol. The zero-order valence-corrected chi connectivity index (χ0v) is 18.5. The minimum Gasteiger partial charge on any atom is -0.497 e. The van der Waals surface area contributed by atoms with Gasteiger partial charge >= 0.3 is 0 Å². The van der Waals surface area contributed by atoms with E-state index in [0.29, 0.717) is 29.9 Å². The smallest absolute Gasteiger partial charge is 0.283 e. The van der Waals surface area contributed by atoms with Crippen LogP contribution in [0.3, 0.4) is 0 Å². The van der Waals surface area contributed by atoms with Crippen LogP contribution in [0.25, 0.3) is 6.08 Å². The van der Waals surface area contributed by atoms with Gasteiger partial charge in [0, 0.05) is 6.07 Å². The molecule has 0 saturated carbocycles. The van der Waals surface area contributed by atoms with Gasteiger partial charge in [-0.15, -0.1) is 0 Å². The number of amides is 1. The number of hydrazone groups is 1. The topological polar surface area (TPSA) is 96.6 Å². The van der Waals surface area contributed by atoms with Gasteiger partial charge in [-0.25, -0.2) is 0 Å². The Kier molecular flexibility index (Phi) is 6.55. The average Bonchev–Trinajstić information content (AvgIpc) is 3.24. The number of amidine groups is 2. The Bertz CT molecular complexity index is 1130. The molecule has 164 valence electrons.